The SMILES string of the molecule is CCCCOc1ccc(C(Nc2ccc(F)cc2)C(CCC(=O)OC)C(=O)N2C(=O)OC[C@@H]2c2ccccc2)cc1. The zero-order chi connectivity index (χ0) is 29.2. The molecule has 1 aliphatic heterocycles. The van der Waals surface area contributed by atoms with Gasteiger partial charge >= 0.3 is 12.1 Å². The standard InChI is InChI=1S/C32H35FN2O6/c1-3-4-20-40-26-16-10-23(11-17-26)30(34-25-14-12-24(33)13-15-25)27(18-19-29(36)39-2)31(37)35-28(21-41-32(35)38)22-8-6-5-7-9-22/h5-17,27-28,30,34H,3-4,18-21H2,1-2H3/t27?,28-,30?/m1/s1. The number of benzene rings is 3. The summed E-state index contributed by atoms with van der Waals surface area (Å²) in [6.45, 7) is 2.70. The van der Waals surface area contributed by atoms with Crippen LogP contribution in [0, 0.1) is 11.7 Å². The van der Waals surface area contributed by atoms with E-state index in [1.165, 1.54) is 19.2 Å². The Hall–Kier alpha value is -4.40. The number of hydrogen-bond donors (Lipinski definition) is 1. The average Bonchev–Trinajstić information content (AvgIpc) is 3.39. The molecule has 1 aliphatic rings. The van der Waals surface area contributed by atoms with Gasteiger partial charge in [-0.05, 0) is 60.4 Å². The number of unbranched alkanes of at least 4 members (excludes halogenated alkanes) is 1. The highest BCUT2D eigenvalue weighted by atomic mass is 19.1. The highest BCUT2D eigenvalue weighted by molar-refractivity contribution is 5.95. The number of esters is 1. The summed E-state index contributed by atoms with van der Waals surface area (Å²) < 4.78 is 29.7. The fourth-order valence-electron chi connectivity index (χ4n) is 4.82. The van der Waals surface area contributed by atoms with E-state index in [4.69, 9.17) is 14.2 Å². The normalized spacial score (nSPS) is 16.0. The number of hydrogen-bond acceptors (Lipinski definition) is 7. The number of nitrogens with zero attached hydrogens (tertiary/aromatic N) is 1. The first kappa shape index (κ1) is 29.6. The molecule has 1 fully saturated rings. The number of carbonyl (C=O) groups excluding carboxylic acids is 3. The zero-order valence-electron chi connectivity index (χ0n) is 23.3. The van der Waals surface area contributed by atoms with Gasteiger partial charge in [0.1, 0.15) is 24.2 Å². The molecule has 41 heavy (non-hydrogen) atoms. The first-order chi connectivity index (χ1) is 19.9. The molecule has 3 atom stereocenters. The van der Waals surface area contributed by atoms with E-state index in [9.17, 15) is 18.8 Å². The quantitative estimate of drug-likeness (QED) is 0.189. The molecule has 8 nitrogen and oxygen atoms in total. The van der Waals surface area contributed by atoms with Crippen molar-refractivity contribution < 1.29 is 33.0 Å². The Kier molecular flexibility index (Phi) is 10.3. The van der Waals surface area contributed by atoms with E-state index in [0.29, 0.717) is 18.0 Å². The maximum absolute atomic E-state index is 14.3. The van der Waals surface area contributed by atoms with Crippen LogP contribution in [0.4, 0.5) is 14.9 Å². The number of anilines is 1. The molecule has 1 heterocycles. The molecule has 0 aliphatic carbocycles. The summed E-state index contributed by atoms with van der Waals surface area (Å²) in [5.74, 6) is -1.57. The third-order valence-corrected chi connectivity index (χ3v) is 7.07. The molecule has 0 aromatic heterocycles. The van der Waals surface area contributed by atoms with Crippen molar-refractivity contribution in [2.45, 2.75) is 44.7 Å². The number of carbonyl (C=O) groups is 3. The van der Waals surface area contributed by atoms with E-state index in [-0.39, 0.29) is 19.4 Å². The summed E-state index contributed by atoms with van der Waals surface area (Å²) in [6.07, 6.45) is 1.23. The Morgan fingerprint density at radius 2 is 1.76 bits per heavy atom. The van der Waals surface area contributed by atoms with E-state index in [1.54, 1.807) is 12.1 Å². The third kappa shape index (κ3) is 7.63. The minimum atomic E-state index is -0.886. The molecule has 0 radical (unpaired) electrons. The van der Waals surface area contributed by atoms with E-state index in [0.717, 1.165) is 28.9 Å². The van der Waals surface area contributed by atoms with Crippen LogP contribution >= 0.6 is 0 Å². The fourth-order valence-corrected chi connectivity index (χ4v) is 4.82. The molecule has 1 N–H and O–H groups in total. The van der Waals surface area contributed by atoms with E-state index >= 15 is 0 Å². The number of methoxy groups -OCH3 is 1. The van der Waals surface area contributed by atoms with Gasteiger partial charge in [-0.2, -0.15) is 0 Å². The van der Waals surface area contributed by atoms with Crippen molar-refractivity contribution in [2.75, 3.05) is 25.6 Å². The lowest BCUT2D eigenvalue weighted by Crippen LogP contribution is -2.42. The largest absolute Gasteiger partial charge is 0.494 e. The number of rotatable bonds is 13. The van der Waals surface area contributed by atoms with Gasteiger partial charge in [-0.3, -0.25) is 9.59 Å². The van der Waals surface area contributed by atoms with Crippen molar-refractivity contribution >= 4 is 23.7 Å². The number of cyclic esters (lactones) is 1. The number of imide groups is 1. The Bertz CT molecular complexity index is 1300. The number of halogens is 1. The van der Waals surface area contributed by atoms with Crippen molar-refractivity contribution in [3.63, 3.8) is 0 Å². The Labute approximate surface area is 239 Å². The summed E-state index contributed by atoms with van der Waals surface area (Å²) in [4.78, 5) is 40.6. The smallest absolute Gasteiger partial charge is 0.417 e. The maximum Gasteiger partial charge on any atom is 0.417 e. The van der Waals surface area contributed by atoms with Crippen LogP contribution in [0.2, 0.25) is 0 Å². The van der Waals surface area contributed by atoms with Crippen LogP contribution in [-0.4, -0.2) is 43.2 Å². The fraction of sp³-hybridized carbons (Fsp3) is 0.344. The van der Waals surface area contributed by atoms with Crippen molar-refractivity contribution in [3.05, 3.63) is 95.8 Å². The molecule has 9 heteroatoms. The van der Waals surface area contributed by atoms with Crippen LogP contribution in [0.5, 0.6) is 5.75 Å². The van der Waals surface area contributed by atoms with Crippen molar-refractivity contribution in [1.82, 2.24) is 4.90 Å². The summed E-state index contributed by atoms with van der Waals surface area (Å²) in [6, 6.07) is 21.0. The lowest BCUT2D eigenvalue weighted by molar-refractivity contribution is -0.141. The van der Waals surface area contributed by atoms with Gasteiger partial charge in [0.05, 0.1) is 25.7 Å². The highest BCUT2D eigenvalue weighted by Gasteiger charge is 2.44. The molecule has 4 rings (SSSR count). The maximum atomic E-state index is 14.3. The van der Waals surface area contributed by atoms with Crippen LogP contribution in [0.25, 0.3) is 0 Å². The molecule has 1 saturated heterocycles. The van der Waals surface area contributed by atoms with E-state index in [1.807, 2.05) is 54.6 Å². The molecule has 216 valence electrons. The van der Waals surface area contributed by atoms with Gasteiger partial charge in [-0.1, -0.05) is 55.8 Å². The lowest BCUT2D eigenvalue weighted by atomic mass is 9.87. The van der Waals surface area contributed by atoms with Crippen LogP contribution < -0.4 is 10.1 Å². The minimum absolute atomic E-state index is 0.0260. The second kappa shape index (κ2) is 14.3. The zero-order valence-corrected chi connectivity index (χ0v) is 23.3. The summed E-state index contributed by atoms with van der Waals surface area (Å²) in [5, 5.41) is 3.35. The molecule has 3 aromatic carbocycles. The van der Waals surface area contributed by atoms with Gasteiger partial charge in [-0.25, -0.2) is 14.1 Å². The van der Waals surface area contributed by atoms with Crippen molar-refractivity contribution in [1.29, 1.82) is 0 Å². The van der Waals surface area contributed by atoms with Crippen molar-refractivity contribution in [3.8, 4) is 5.75 Å². The molecular weight excluding hydrogens is 527 g/mol. The topological polar surface area (TPSA) is 94.2 Å². The number of amides is 2. The molecule has 3 aromatic rings. The minimum Gasteiger partial charge on any atom is -0.494 e. The molecule has 2 amide bonds. The van der Waals surface area contributed by atoms with Crippen LogP contribution in [0.15, 0.2) is 78.9 Å². The molecular formula is C32H35FN2O6. The first-order valence-electron chi connectivity index (χ1n) is 13.8. The number of ether oxygens (including phenoxy) is 3. The molecule has 2 unspecified atom stereocenters. The Morgan fingerprint density at radius 3 is 2.41 bits per heavy atom. The van der Waals surface area contributed by atoms with Gasteiger partial charge < -0.3 is 19.5 Å². The van der Waals surface area contributed by atoms with E-state index in [2.05, 4.69) is 12.2 Å². The predicted molar refractivity (Wildman–Crippen MR) is 152 cm³/mol. The molecule has 0 bridgehead atoms. The monoisotopic (exact) mass is 562 g/mol. The van der Waals surface area contributed by atoms with Gasteiger partial charge in [0.2, 0.25) is 5.91 Å². The van der Waals surface area contributed by atoms with Gasteiger partial charge in [0.15, 0.2) is 0 Å². The predicted octanol–water partition coefficient (Wildman–Crippen LogP) is 6.45. The average molecular weight is 563 g/mol. The van der Waals surface area contributed by atoms with Crippen LogP contribution in [-0.2, 0) is 19.1 Å². The lowest BCUT2D eigenvalue weighted by Gasteiger charge is -2.32. The summed E-state index contributed by atoms with van der Waals surface area (Å²) in [7, 11) is 1.29. The van der Waals surface area contributed by atoms with Gasteiger partial charge in [0, 0.05) is 12.1 Å². The Balaban J connectivity index is 1.72. The van der Waals surface area contributed by atoms with Gasteiger partial charge in [0.25, 0.3) is 0 Å². The molecule has 0 saturated carbocycles. The highest BCUT2D eigenvalue weighted by Crippen LogP contribution is 2.37. The van der Waals surface area contributed by atoms with Crippen LogP contribution in [0.3, 0.4) is 0 Å². The molecule has 0 spiro atoms. The van der Waals surface area contributed by atoms with E-state index < -0.39 is 41.8 Å². The van der Waals surface area contributed by atoms with Gasteiger partial charge in [-0.15, -0.1) is 0 Å². The second-order valence-electron chi connectivity index (χ2n) is 9.83. The number of nitrogens with one attached hydrogen (secondary N) is 1. The third-order valence-electron chi connectivity index (χ3n) is 7.07. The van der Waals surface area contributed by atoms with Crippen molar-refractivity contribution in [2.24, 2.45) is 5.92 Å². The summed E-state index contributed by atoms with van der Waals surface area (Å²) in [5.41, 5.74) is 2.05. The summed E-state index contributed by atoms with van der Waals surface area (Å²) >= 11 is 0. The Morgan fingerprint density at radius 1 is 1.05 bits per heavy atom. The first-order valence-corrected chi connectivity index (χ1v) is 13.8. The van der Waals surface area contributed by atoms with Crippen LogP contribution in [0.1, 0.15) is 55.8 Å². The second-order valence-corrected chi connectivity index (χ2v) is 9.83.